The maximum atomic E-state index is 10.9. The first-order valence-corrected chi connectivity index (χ1v) is 6.91. The molecule has 0 aliphatic rings. The molecule has 0 amide bonds. The van der Waals surface area contributed by atoms with Crippen LogP contribution >= 0.6 is 23.2 Å². The van der Waals surface area contributed by atoms with Gasteiger partial charge in [-0.1, -0.05) is 41.4 Å². The molecule has 0 aliphatic heterocycles. The molecule has 0 saturated heterocycles. The zero-order valence-electron chi connectivity index (χ0n) is 10.5. The van der Waals surface area contributed by atoms with Crippen LogP contribution in [0.2, 0.25) is 10.0 Å². The van der Waals surface area contributed by atoms with E-state index in [0.717, 1.165) is 22.8 Å². The smallest absolute Gasteiger partial charge is 0.150 e. The highest BCUT2D eigenvalue weighted by Gasteiger charge is 2.05. The standard InChI is InChI=1S/C16H11Cl2NO/c17-14-4-2-11(7-15(14)18)9-19-6-5-13-3-1-12(10-20)8-16(13)19/h1-8,10H,9H2. The summed E-state index contributed by atoms with van der Waals surface area (Å²) in [6, 6.07) is 13.3. The summed E-state index contributed by atoms with van der Waals surface area (Å²) in [5.41, 5.74) is 2.76. The van der Waals surface area contributed by atoms with Crippen molar-refractivity contribution >= 4 is 40.4 Å². The third-order valence-corrected chi connectivity index (χ3v) is 4.01. The molecule has 1 heterocycles. The summed E-state index contributed by atoms with van der Waals surface area (Å²) in [5.74, 6) is 0. The van der Waals surface area contributed by atoms with Gasteiger partial charge in [0.2, 0.25) is 0 Å². The molecule has 4 heteroatoms. The van der Waals surface area contributed by atoms with E-state index in [9.17, 15) is 4.79 Å². The second kappa shape index (κ2) is 5.31. The Balaban J connectivity index is 2.01. The lowest BCUT2D eigenvalue weighted by Crippen LogP contribution is -1.98. The Kier molecular flexibility index (Phi) is 3.51. The lowest BCUT2D eigenvalue weighted by atomic mass is 10.2. The van der Waals surface area contributed by atoms with Crippen molar-refractivity contribution in [2.75, 3.05) is 0 Å². The van der Waals surface area contributed by atoms with Crippen LogP contribution < -0.4 is 0 Å². The lowest BCUT2D eigenvalue weighted by Gasteiger charge is -2.07. The summed E-state index contributed by atoms with van der Waals surface area (Å²) in [5, 5.41) is 2.21. The highest BCUT2D eigenvalue weighted by atomic mass is 35.5. The van der Waals surface area contributed by atoms with Crippen molar-refractivity contribution in [2.45, 2.75) is 6.54 Å². The summed E-state index contributed by atoms with van der Waals surface area (Å²) < 4.78 is 2.09. The van der Waals surface area contributed by atoms with Crippen molar-refractivity contribution < 1.29 is 4.79 Å². The molecule has 0 saturated carbocycles. The predicted octanol–water partition coefficient (Wildman–Crippen LogP) is 4.81. The van der Waals surface area contributed by atoms with Gasteiger partial charge in [-0.15, -0.1) is 0 Å². The number of nitrogens with zero attached hydrogens (tertiary/aromatic N) is 1. The number of halogens is 2. The first-order valence-electron chi connectivity index (χ1n) is 6.15. The average molecular weight is 304 g/mol. The van der Waals surface area contributed by atoms with Gasteiger partial charge in [-0.2, -0.15) is 0 Å². The molecule has 0 aliphatic carbocycles. The topological polar surface area (TPSA) is 22.0 Å². The van der Waals surface area contributed by atoms with Crippen molar-refractivity contribution in [1.29, 1.82) is 0 Å². The van der Waals surface area contributed by atoms with Crippen molar-refractivity contribution in [2.24, 2.45) is 0 Å². The Morgan fingerprint density at radius 1 is 1.00 bits per heavy atom. The summed E-state index contributed by atoms with van der Waals surface area (Å²) in [6.45, 7) is 0.683. The molecule has 0 fully saturated rings. The van der Waals surface area contributed by atoms with E-state index in [0.29, 0.717) is 22.2 Å². The van der Waals surface area contributed by atoms with Crippen LogP contribution in [0.1, 0.15) is 15.9 Å². The van der Waals surface area contributed by atoms with Gasteiger partial charge in [0.05, 0.1) is 10.0 Å². The molecule has 0 unspecified atom stereocenters. The molecular weight excluding hydrogens is 293 g/mol. The second-order valence-corrected chi connectivity index (χ2v) is 5.44. The fraction of sp³-hybridized carbons (Fsp3) is 0.0625. The first kappa shape index (κ1) is 13.2. The van der Waals surface area contributed by atoms with E-state index < -0.39 is 0 Å². The van der Waals surface area contributed by atoms with E-state index in [-0.39, 0.29) is 0 Å². The van der Waals surface area contributed by atoms with Gasteiger partial charge in [0.1, 0.15) is 6.29 Å². The quantitative estimate of drug-likeness (QED) is 0.636. The Bertz CT molecular complexity index is 792. The summed E-state index contributed by atoms with van der Waals surface area (Å²) in [4.78, 5) is 10.9. The van der Waals surface area contributed by atoms with Gasteiger partial charge in [0.15, 0.2) is 0 Å². The molecule has 0 radical (unpaired) electrons. The third-order valence-electron chi connectivity index (χ3n) is 3.27. The maximum Gasteiger partial charge on any atom is 0.150 e. The molecular formula is C16H11Cl2NO. The van der Waals surface area contributed by atoms with Crippen molar-refractivity contribution in [3.63, 3.8) is 0 Å². The van der Waals surface area contributed by atoms with E-state index >= 15 is 0 Å². The Morgan fingerprint density at radius 3 is 2.60 bits per heavy atom. The molecule has 3 aromatic rings. The van der Waals surface area contributed by atoms with E-state index in [1.165, 1.54) is 0 Å². The van der Waals surface area contributed by atoms with Crippen LogP contribution in [-0.4, -0.2) is 10.9 Å². The average Bonchev–Trinajstić information content (AvgIpc) is 2.85. The largest absolute Gasteiger partial charge is 0.343 e. The van der Waals surface area contributed by atoms with E-state index in [2.05, 4.69) is 4.57 Å². The molecule has 2 aromatic carbocycles. The third kappa shape index (κ3) is 2.45. The molecule has 0 spiro atoms. The number of aromatic nitrogens is 1. The van der Waals surface area contributed by atoms with E-state index in [4.69, 9.17) is 23.2 Å². The van der Waals surface area contributed by atoms with Gasteiger partial charge in [0, 0.05) is 23.8 Å². The van der Waals surface area contributed by atoms with Crippen LogP contribution in [0.15, 0.2) is 48.7 Å². The Hall–Kier alpha value is -1.77. The zero-order valence-corrected chi connectivity index (χ0v) is 12.0. The number of carbonyl (C=O) groups is 1. The fourth-order valence-corrected chi connectivity index (χ4v) is 2.57. The number of hydrogen-bond donors (Lipinski definition) is 0. The summed E-state index contributed by atoms with van der Waals surface area (Å²) in [7, 11) is 0. The van der Waals surface area contributed by atoms with Crippen LogP contribution in [0.4, 0.5) is 0 Å². The van der Waals surface area contributed by atoms with Crippen molar-refractivity contribution in [1.82, 2.24) is 4.57 Å². The summed E-state index contributed by atoms with van der Waals surface area (Å²) >= 11 is 12.0. The molecule has 1 aromatic heterocycles. The van der Waals surface area contributed by atoms with Gasteiger partial charge >= 0.3 is 0 Å². The van der Waals surface area contributed by atoms with Crippen LogP contribution in [0.3, 0.4) is 0 Å². The SMILES string of the molecule is O=Cc1ccc2ccn(Cc3ccc(Cl)c(Cl)c3)c2c1. The lowest BCUT2D eigenvalue weighted by molar-refractivity contribution is 0.112. The Morgan fingerprint density at radius 2 is 1.85 bits per heavy atom. The minimum Gasteiger partial charge on any atom is -0.343 e. The highest BCUT2D eigenvalue weighted by Crippen LogP contribution is 2.24. The molecule has 0 bridgehead atoms. The van der Waals surface area contributed by atoms with Crippen LogP contribution in [0.5, 0.6) is 0 Å². The van der Waals surface area contributed by atoms with E-state index in [1.807, 2.05) is 42.6 Å². The Labute approximate surface area is 126 Å². The van der Waals surface area contributed by atoms with Crippen LogP contribution in [0.25, 0.3) is 10.9 Å². The second-order valence-electron chi connectivity index (χ2n) is 4.63. The number of aldehydes is 1. The molecule has 2 nitrogen and oxygen atoms in total. The van der Waals surface area contributed by atoms with Gasteiger partial charge < -0.3 is 4.57 Å². The van der Waals surface area contributed by atoms with Crippen LogP contribution in [0, 0.1) is 0 Å². The van der Waals surface area contributed by atoms with Crippen molar-refractivity contribution in [3.05, 3.63) is 69.8 Å². The summed E-state index contributed by atoms with van der Waals surface area (Å²) in [6.07, 6.45) is 2.86. The normalized spacial score (nSPS) is 10.9. The first-order chi connectivity index (χ1) is 9.67. The van der Waals surface area contributed by atoms with E-state index in [1.54, 1.807) is 6.07 Å². The number of benzene rings is 2. The number of rotatable bonds is 3. The van der Waals surface area contributed by atoms with Crippen molar-refractivity contribution in [3.8, 4) is 0 Å². The van der Waals surface area contributed by atoms with Crippen LogP contribution in [-0.2, 0) is 6.54 Å². The van der Waals surface area contributed by atoms with Gasteiger partial charge in [-0.3, -0.25) is 4.79 Å². The van der Waals surface area contributed by atoms with Gasteiger partial charge in [0.25, 0.3) is 0 Å². The molecule has 0 N–H and O–H groups in total. The highest BCUT2D eigenvalue weighted by molar-refractivity contribution is 6.42. The zero-order chi connectivity index (χ0) is 14.1. The molecule has 100 valence electrons. The molecule has 20 heavy (non-hydrogen) atoms. The number of hydrogen-bond acceptors (Lipinski definition) is 1. The number of fused-ring (bicyclic) bond motifs is 1. The van der Waals surface area contributed by atoms with Gasteiger partial charge in [-0.25, -0.2) is 0 Å². The maximum absolute atomic E-state index is 10.9. The minimum atomic E-state index is 0.550. The minimum absolute atomic E-state index is 0.550. The number of carbonyl (C=O) groups excluding carboxylic acids is 1. The fourth-order valence-electron chi connectivity index (χ4n) is 2.25. The molecule has 0 atom stereocenters. The van der Waals surface area contributed by atoms with Gasteiger partial charge in [-0.05, 0) is 35.2 Å². The molecule has 3 rings (SSSR count). The monoisotopic (exact) mass is 303 g/mol. The predicted molar refractivity (Wildman–Crippen MR) is 82.9 cm³/mol.